The Kier molecular flexibility index (Phi) is 5.67. The minimum atomic E-state index is 0.847. The molecule has 0 heterocycles. The second-order valence-corrected chi connectivity index (χ2v) is 7.41. The molecule has 0 aliphatic heterocycles. The van der Waals surface area contributed by atoms with E-state index in [2.05, 4.69) is 53.2 Å². The average molecular weight is 354 g/mol. The quantitative estimate of drug-likeness (QED) is 0.453. The van der Waals surface area contributed by atoms with E-state index in [-0.39, 0.29) is 0 Å². The molecule has 2 rings (SSSR count). The van der Waals surface area contributed by atoms with Crippen LogP contribution in [-0.2, 0) is 0 Å². The van der Waals surface area contributed by atoms with Crippen LogP contribution in [0.5, 0.6) is 0 Å². The maximum Gasteiger partial charge on any atom is 0.0463 e. The number of hydrogen-bond acceptors (Lipinski definition) is 3. The lowest BCUT2D eigenvalue weighted by Gasteiger charge is -2.06. The van der Waals surface area contributed by atoms with Crippen LogP contribution < -0.4 is 5.73 Å². The highest BCUT2D eigenvalue weighted by molar-refractivity contribution is 9.10. The van der Waals surface area contributed by atoms with Crippen molar-refractivity contribution in [1.29, 1.82) is 0 Å². The van der Waals surface area contributed by atoms with Crippen molar-refractivity contribution in [3.05, 3.63) is 52.5 Å². The predicted molar refractivity (Wildman–Crippen MR) is 91.2 cm³/mol. The molecule has 2 aromatic rings. The van der Waals surface area contributed by atoms with Crippen LogP contribution in [0.4, 0.5) is 5.69 Å². The molecule has 0 fully saturated rings. The van der Waals surface area contributed by atoms with Crippen molar-refractivity contribution in [1.82, 2.24) is 0 Å². The van der Waals surface area contributed by atoms with Crippen molar-refractivity contribution in [2.45, 2.75) is 16.7 Å². The number of rotatable bonds is 5. The summed E-state index contributed by atoms with van der Waals surface area (Å²) in [6, 6.07) is 14.7. The lowest BCUT2D eigenvalue weighted by molar-refractivity contribution is 1.37. The van der Waals surface area contributed by atoms with Crippen LogP contribution in [0.15, 0.2) is 56.7 Å². The predicted octanol–water partition coefficient (Wildman–Crippen LogP) is 5.22. The van der Waals surface area contributed by atoms with Crippen molar-refractivity contribution in [2.24, 2.45) is 0 Å². The monoisotopic (exact) mass is 353 g/mol. The standard InChI is InChI=1S/C15H16BrNS2/c1-11-2-5-13(6-3-11)18-8-9-19-15-7-4-12(16)10-14(15)17/h2-7,10H,8-9,17H2,1H3. The molecule has 0 atom stereocenters. The maximum absolute atomic E-state index is 5.97. The van der Waals surface area contributed by atoms with Gasteiger partial charge in [-0.1, -0.05) is 33.6 Å². The molecule has 0 saturated carbocycles. The summed E-state index contributed by atoms with van der Waals surface area (Å²) in [5, 5.41) is 0. The molecule has 0 aliphatic rings. The van der Waals surface area contributed by atoms with Crippen molar-refractivity contribution < 1.29 is 0 Å². The SMILES string of the molecule is Cc1ccc(SCCSc2ccc(Br)cc2N)cc1. The summed E-state index contributed by atoms with van der Waals surface area (Å²) in [6.45, 7) is 2.11. The van der Waals surface area contributed by atoms with Gasteiger partial charge in [-0.25, -0.2) is 0 Å². The van der Waals surface area contributed by atoms with Gasteiger partial charge in [0, 0.05) is 31.5 Å². The fraction of sp³-hybridized carbons (Fsp3) is 0.200. The number of nitrogens with two attached hydrogens (primary N) is 1. The lowest BCUT2D eigenvalue weighted by Crippen LogP contribution is -1.90. The number of thioether (sulfide) groups is 2. The van der Waals surface area contributed by atoms with Crippen LogP contribution in [0, 0.1) is 6.92 Å². The Bertz CT molecular complexity index is 540. The smallest absolute Gasteiger partial charge is 0.0463 e. The molecule has 4 heteroatoms. The average Bonchev–Trinajstić information content (AvgIpc) is 2.39. The summed E-state index contributed by atoms with van der Waals surface area (Å²) in [7, 11) is 0. The van der Waals surface area contributed by atoms with Gasteiger partial charge in [0.2, 0.25) is 0 Å². The van der Waals surface area contributed by atoms with Gasteiger partial charge >= 0.3 is 0 Å². The number of nitrogen functional groups attached to an aromatic ring is 1. The largest absolute Gasteiger partial charge is 0.398 e. The van der Waals surface area contributed by atoms with Crippen LogP contribution in [0.3, 0.4) is 0 Å². The van der Waals surface area contributed by atoms with E-state index in [0.29, 0.717) is 0 Å². The molecule has 0 aromatic heterocycles. The van der Waals surface area contributed by atoms with Crippen LogP contribution in [0.25, 0.3) is 0 Å². The summed E-state index contributed by atoms with van der Waals surface area (Å²) in [4.78, 5) is 2.49. The minimum Gasteiger partial charge on any atom is -0.398 e. The summed E-state index contributed by atoms with van der Waals surface area (Å²) in [5.41, 5.74) is 8.13. The zero-order valence-corrected chi connectivity index (χ0v) is 13.9. The number of aryl methyl sites for hydroxylation is 1. The summed E-state index contributed by atoms with van der Waals surface area (Å²) < 4.78 is 1.03. The molecule has 2 aromatic carbocycles. The van der Waals surface area contributed by atoms with Crippen LogP contribution >= 0.6 is 39.5 Å². The molecular formula is C15H16BrNS2. The number of anilines is 1. The van der Waals surface area contributed by atoms with Gasteiger partial charge in [0.1, 0.15) is 0 Å². The van der Waals surface area contributed by atoms with Gasteiger partial charge in [0.05, 0.1) is 0 Å². The van der Waals surface area contributed by atoms with E-state index < -0.39 is 0 Å². The molecule has 0 bridgehead atoms. The van der Waals surface area contributed by atoms with Gasteiger partial charge < -0.3 is 5.73 Å². The van der Waals surface area contributed by atoms with E-state index in [0.717, 1.165) is 26.6 Å². The van der Waals surface area contributed by atoms with Gasteiger partial charge in [-0.15, -0.1) is 23.5 Å². The van der Waals surface area contributed by atoms with Crippen molar-refractivity contribution in [2.75, 3.05) is 17.2 Å². The zero-order valence-electron chi connectivity index (χ0n) is 10.7. The maximum atomic E-state index is 5.97. The van der Waals surface area contributed by atoms with E-state index in [4.69, 9.17) is 5.73 Å². The number of hydrogen-bond donors (Lipinski definition) is 1. The van der Waals surface area contributed by atoms with Gasteiger partial charge in [-0.05, 0) is 37.3 Å². The Morgan fingerprint density at radius 2 is 1.68 bits per heavy atom. The molecule has 0 radical (unpaired) electrons. The van der Waals surface area contributed by atoms with Gasteiger partial charge in [-0.3, -0.25) is 0 Å². The molecule has 0 saturated heterocycles. The number of halogens is 1. The molecule has 1 nitrogen and oxygen atoms in total. The van der Waals surface area contributed by atoms with Crippen molar-refractivity contribution >= 4 is 45.1 Å². The minimum absolute atomic E-state index is 0.847. The topological polar surface area (TPSA) is 26.0 Å². The molecule has 0 unspecified atom stereocenters. The van der Waals surface area contributed by atoms with E-state index in [1.165, 1.54) is 10.5 Å². The van der Waals surface area contributed by atoms with Gasteiger partial charge in [0.15, 0.2) is 0 Å². The van der Waals surface area contributed by atoms with E-state index in [1.54, 1.807) is 0 Å². The highest BCUT2D eigenvalue weighted by atomic mass is 79.9. The summed E-state index contributed by atoms with van der Waals surface area (Å²) in [6.07, 6.45) is 0. The first-order valence-electron chi connectivity index (χ1n) is 6.02. The van der Waals surface area contributed by atoms with Gasteiger partial charge in [0.25, 0.3) is 0 Å². The Labute approximate surface area is 131 Å². The molecule has 19 heavy (non-hydrogen) atoms. The second kappa shape index (κ2) is 7.27. The van der Waals surface area contributed by atoms with Crippen molar-refractivity contribution in [3.8, 4) is 0 Å². The Balaban J connectivity index is 1.79. The van der Waals surface area contributed by atoms with E-state index >= 15 is 0 Å². The third-order valence-electron chi connectivity index (χ3n) is 2.60. The first-order chi connectivity index (χ1) is 9.15. The molecular weight excluding hydrogens is 338 g/mol. The Morgan fingerprint density at radius 3 is 2.37 bits per heavy atom. The third kappa shape index (κ3) is 4.79. The lowest BCUT2D eigenvalue weighted by atomic mass is 10.2. The highest BCUT2D eigenvalue weighted by Crippen LogP contribution is 2.29. The molecule has 100 valence electrons. The first-order valence-corrected chi connectivity index (χ1v) is 8.79. The van der Waals surface area contributed by atoms with Crippen molar-refractivity contribution in [3.63, 3.8) is 0 Å². The van der Waals surface area contributed by atoms with Gasteiger partial charge in [-0.2, -0.15) is 0 Å². The molecule has 0 spiro atoms. The van der Waals surface area contributed by atoms with Crippen LogP contribution in [-0.4, -0.2) is 11.5 Å². The fourth-order valence-electron chi connectivity index (χ4n) is 1.60. The number of benzene rings is 2. The zero-order chi connectivity index (χ0) is 13.7. The normalized spacial score (nSPS) is 10.6. The second-order valence-electron chi connectivity index (χ2n) is 4.19. The van der Waals surface area contributed by atoms with Crippen LogP contribution in [0.1, 0.15) is 5.56 Å². The molecule has 0 aliphatic carbocycles. The fourth-order valence-corrected chi connectivity index (χ4v) is 3.82. The van der Waals surface area contributed by atoms with E-state index in [1.807, 2.05) is 35.7 Å². The summed E-state index contributed by atoms with van der Waals surface area (Å²) in [5.74, 6) is 2.15. The summed E-state index contributed by atoms with van der Waals surface area (Å²) >= 11 is 7.12. The Morgan fingerprint density at radius 1 is 1.00 bits per heavy atom. The molecule has 0 amide bonds. The Hall–Kier alpha value is -0.580. The van der Waals surface area contributed by atoms with Crippen LogP contribution in [0.2, 0.25) is 0 Å². The van der Waals surface area contributed by atoms with E-state index in [9.17, 15) is 0 Å². The third-order valence-corrected chi connectivity index (χ3v) is 5.46. The highest BCUT2D eigenvalue weighted by Gasteiger charge is 2.01. The first kappa shape index (κ1) is 14.8. The molecule has 2 N–H and O–H groups in total.